The zero-order chi connectivity index (χ0) is 14.7. The van der Waals surface area contributed by atoms with Crippen LogP contribution in [-0.4, -0.2) is 26.7 Å². The fourth-order valence-corrected chi connectivity index (χ4v) is 1.33. The van der Waals surface area contributed by atoms with E-state index in [1.54, 1.807) is 12.1 Å². The van der Waals surface area contributed by atoms with Crippen LogP contribution in [0.3, 0.4) is 0 Å². The van der Waals surface area contributed by atoms with Gasteiger partial charge in [-0.15, -0.1) is 0 Å². The fraction of sp³-hybridized carbons (Fsp3) is 0.300. The molecule has 1 aromatic carbocycles. The monoisotopic (exact) mass is 297 g/mol. The molecular weight excluding hydrogens is 287 g/mol. The topological polar surface area (TPSA) is 65.0 Å². The Morgan fingerprint density at radius 2 is 1.74 bits per heavy atom. The van der Waals surface area contributed by atoms with E-state index in [2.05, 4.69) is 9.44 Å². The van der Waals surface area contributed by atoms with Gasteiger partial charge in [-0.3, -0.25) is 4.28 Å². The predicted octanol–water partition coefficient (Wildman–Crippen LogP) is 2.29. The zero-order valence-corrected chi connectivity index (χ0v) is 10.7. The summed E-state index contributed by atoms with van der Waals surface area (Å²) in [4.78, 5) is 0. The molecule has 0 radical (unpaired) electrons. The first kappa shape index (κ1) is 15.3. The lowest BCUT2D eigenvalue weighted by molar-refractivity contribution is -0.0540. The summed E-state index contributed by atoms with van der Waals surface area (Å²) >= 11 is 0. The summed E-state index contributed by atoms with van der Waals surface area (Å²) in [6.45, 7) is 1.31. The van der Waals surface area contributed by atoms with Gasteiger partial charge in [0, 0.05) is 0 Å². The number of ether oxygens (including phenoxy) is 1. The molecule has 19 heavy (non-hydrogen) atoms. The van der Waals surface area contributed by atoms with Crippen molar-refractivity contribution >= 4 is 15.8 Å². The van der Waals surface area contributed by atoms with E-state index in [4.69, 9.17) is 4.74 Å². The summed E-state index contributed by atoms with van der Waals surface area (Å²) in [5.41, 5.74) is -5.12. The molecule has 0 unspecified atom stereocenters. The number of halogens is 3. The van der Waals surface area contributed by atoms with E-state index in [0.29, 0.717) is 11.3 Å². The lowest BCUT2D eigenvalue weighted by Gasteiger charge is -2.06. The number of rotatable bonds is 4. The van der Waals surface area contributed by atoms with Crippen molar-refractivity contribution in [2.45, 2.75) is 12.4 Å². The third-order valence-electron chi connectivity index (χ3n) is 2.06. The number of oxime groups is 1. The molecule has 0 bridgehead atoms. The van der Waals surface area contributed by atoms with Gasteiger partial charge in [-0.2, -0.15) is 21.6 Å². The highest BCUT2D eigenvalue weighted by molar-refractivity contribution is 7.87. The Labute approximate surface area is 107 Å². The molecule has 0 aliphatic heterocycles. The second-order valence-electron chi connectivity index (χ2n) is 3.38. The second kappa shape index (κ2) is 5.47. The number of hydrogen-bond acceptors (Lipinski definition) is 5. The van der Waals surface area contributed by atoms with Gasteiger partial charge in [0.25, 0.3) is 0 Å². The minimum Gasteiger partial charge on any atom is -0.497 e. The Hall–Kier alpha value is -1.77. The van der Waals surface area contributed by atoms with Crippen LogP contribution in [-0.2, 0) is 14.4 Å². The van der Waals surface area contributed by atoms with E-state index in [9.17, 15) is 21.6 Å². The molecule has 5 nitrogen and oxygen atoms in total. The van der Waals surface area contributed by atoms with Crippen LogP contribution in [0.5, 0.6) is 5.75 Å². The van der Waals surface area contributed by atoms with E-state index in [1.165, 1.54) is 26.2 Å². The van der Waals surface area contributed by atoms with Gasteiger partial charge in [0.2, 0.25) is 0 Å². The highest BCUT2D eigenvalue weighted by atomic mass is 32.2. The zero-order valence-electron chi connectivity index (χ0n) is 9.93. The van der Waals surface area contributed by atoms with Crippen LogP contribution in [0.4, 0.5) is 13.2 Å². The molecule has 0 aliphatic rings. The Morgan fingerprint density at radius 3 is 2.16 bits per heavy atom. The summed E-state index contributed by atoms with van der Waals surface area (Å²) in [6, 6.07) is 6.10. The molecule has 0 amide bonds. The normalized spacial score (nSPS) is 13.2. The number of methoxy groups -OCH3 is 1. The first-order valence-corrected chi connectivity index (χ1v) is 6.27. The van der Waals surface area contributed by atoms with Crippen LogP contribution < -0.4 is 4.74 Å². The largest absolute Gasteiger partial charge is 0.536 e. The SMILES string of the molecule is COc1ccc(/C(C)=N\OS(=O)(=O)C(F)(F)F)cc1. The summed E-state index contributed by atoms with van der Waals surface area (Å²) in [5.74, 6) is 0.542. The molecule has 0 saturated carbocycles. The lowest BCUT2D eigenvalue weighted by Crippen LogP contribution is -2.24. The van der Waals surface area contributed by atoms with Crippen molar-refractivity contribution in [1.82, 2.24) is 0 Å². The molecule has 1 rings (SSSR count). The van der Waals surface area contributed by atoms with Crippen LogP contribution in [0.2, 0.25) is 0 Å². The molecular formula is C10H10F3NO4S. The van der Waals surface area contributed by atoms with E-state index in [-0.39, 0.29) is 5.71 Å². The lowest BCUT2D eigenvalue weighted by atomic mass is 10.1. The minimum absolute atomic E-state index is 0.0181. The smallest absolute Gasteiger partial charge is 0.497 e. The quantitative estimate of drug-likeness (QED) is 0.486. The molecule has 0 spiro atoms. The van der Waals surface area contributed by atoms with Crippen LogP contribution >= 0.6 is 0 Å². The Bertz CT molecular complexity index is 563. The fourth-order valence-electron chi connectivity index (χ4n) is 1.03. The van der Waals surface area contributed by atoms with Crippen molar-refractivity contribution in [2.75, 3.05) is 7.11 Å². The van der Waals surface area contributed by atoms with Crippen molar-refractivity contribution in [2.24, 2.45) is 5.16 Å². The summed E-state index contributed by atoms with van der Waals surface area (Å²) < 4.78 is 65.6. The maximum absolute atomic E-state index is 12.0. The van der Waals surface area contributed by atoms with Crippen molar-refractivity contribution in [3.05, 3.63) is 29.8 Å². The van der Waals surface area contributed by atoms with E-state index >= 15 is 0 Å². The standard InChI is InChI=1S/C10H10F3NO4S/c1-7(8-3-5-9(17-2)6-4-8)14-18-19(15,16)10(11,12)13/h3-6H,1-2H3/b14-7-. The van der Waals surface area contributed by atoms with Gasteiger partial charge >= 0.3 is 15.6 Å². The molecule has 0 N–H and O–H groups in total. The molecule has 9 heteroatoms. The highest BCUT2D eigenvalue weighted by Crippen LogP contribution is 2.25. The van der Waals surface area contributed by atoms with Crippen molar-refractivity contribution < 1.29 is 30.6 Å². The average Bonchev–Trinajstić information content (AvgIpc) is 2.35. The Balaban J connectivity index is 2.88. The first-order valence-electron chi connectivity index (χ1n) is 4.86. The minimum atomic E-state index is -5.73. The molecule has 106 valence electrons. The maximum Gasteiger partial charge on any atom is 0.536 e. The van der Waals surface area contributed by atoms with Crippen LogP contribution in [0.25, 0.3) is 0 Å². The van der Waals surface area contributed by atoms with Gasteiger partial charge in [0.1, 0.15) is 5.75 Å². The number of hydrogen-bond donors (Lipinski definition) is 0. The van der Waals surface area contributed by atoms with Gasteiger partial charge in [-0.25, -0.2) is 0 Å². The molecule has 0 heterocycles. The average molecular weight is 297 g/mol. The second-order valence-corrected chi connectivity index (χ2v) is 4.90. The van der Waals surface area contributed by atoms with Crippen LogP contribution in [0, 0.1) is 0 Å². The van der Waals surface area contributed by atoms with Gasteiger partial charge < -0.3 is 4.74 Å². The van der Waals surface area contributed by atoms with E-state index in [0.717, 1.165) is 0 Å². The third kappa shape index (κ3) is 3.85. The number of benzene rings is 1. The Morgan fingerprint density at radius 1 is 1.21 bits per heavy atom. The van der Waals surface area contributed by atoms with Crippen molar-refractivity contribution in [3.63, 3.8) is 0 Å². The molecule has 0 aromatic heterocycles. The molecule has 0 aliphatic carbocycles. The first-order chi connectivity index (χ1) is 8.67. The van der Waals surface area contributed by atoms with Gasteiger partial charge in [-0.1, -0.05) is 5.16 Å². The van der Waals surface area contributed by atoms with Crippen molar-refractivity contribution in [3.8, 4) is 5.75 Å². The van der Waals surface area contributed by atoms with Gasteiger partial charge in [0.15, 0.2) is 0 Å². The maximum atomic E-state index is 12.0. The Kier molecular flexibility index (Phi) is 4.40. The molecule has 0 saturated heterocycles. The van der Waals surface area contributed by atoms with E-state index in [1.807, 2.05) is 0 Å². The van der Waals surface area contributed by atoms with E-state index < -0.39 is 15.6 Å². The number of alkyl halides is 3. The number of nitrogens with zero attached hydrogens (tertiary/aromatic N) is 1. The molecule has 0 atom stereocenters. The predicted molar refractivity (Wildman–Crippen MR) is 61.3 cm³/mol. The summed E-state index contributed by atoms with van der Waals surface area (Å²) in [5, 5.41) is 2.96. The summed E-state index contributed by atoms with van der Waals surface area (Å²) in [6.07, 6.45) is 0. The van der Waals surface area contributed by atoms with Gasteiger partial charge in [0.05, 0.1) is 12.8 Å². The van der Waals surface area contributed by atoms with Crippen LogP contribution in [0.15, 0.2) is 29.4 Å². The van der Waals surface area contributed by atoms with Gasteiger partial charge in [-0.05, 0) is 36.8 Å². The highest BCUT2D eigenvalue weighted by Gasteiger charge is 2.49. The third-order valence-corrected chi connectivity index (χ3v) is 2.90. The molecule has 1 aromatic rings. The van der Waals surface area contributed by atoms with Crippen molar-refractivity contribution in [1.29, 1.82) is 0 Å². The van der Waals surface area contributed by atoms with Crippen LogP contribution in [0.1, 0.15) is 12.5 Å². The summed E-state index contributed by atoms with van der Waals surface area (Å²) in [7, 11) is -4.27. The molecule has 0 fully saturated rings.